The predicted molar refractivity (Wildman–Crippen MR) is 106 cm³/mol. The number of carbonyl (C=O) groups is 2. The first-order chi connectivity index (χ1) is 13.5. The van der Waals surface area contributed by atoms with E-state index in [0.717, 1.165) is 18.4 Å². The highest BCUT2D eigenvalue weighted by Crippen LogP contribution is 2.18. The zero-order valence-electron chi connectivity index (χ0n) is 16.1. The van der Waals surface area contributed by atoms with Gasteiger partial charge in [-0.05, 0) is 55.5 Å². The molecule has 1 fully saturated rings. The van der Waals surface area contributed by atoms with E-state index in [1.54, 1.807) is 17.0 Å². The number of aryl methyl sites for hydroxylation is 1. The number of hydrogen-bond donors (Lipinski definition) is 2. The van der Waals surface area contributed by atoms with Gasteiger partial charge in [0.25, 0.3) is 5.91 Å². The molecule has 0 saturated carbocycles. The van der Waals surface area contributed by atoms with Crippen LogP contribution in [0.4, 0.5) is 4.79 Å². The van der Waals surface area contributed by atoms with Crippen molar-refractivity contribution >= 4 is 12.0 Å². The molecule has 6 heteroatoms. The van der Waals surface area contributed by atoms with Crippen LogP contribution in [0, 0.1) is 12.8 Å². The number of likely N-dealkylation sites (tertiary alicyclic amines) is 1. The number of nitrogens with zero attached hydrogens (tertiary/aromatic N) is 1. The Labute approximate surface area is 165 Å². The summed E-state index contributed by atoms with van der Waals surface area (Å²) in [5, 5.41) is 12.2. The van der Waals surface area contributed by atoms with Crippen molar-refractivity contribution in [1.29, 1.82) is 0 Å². The Morgan fingerprint density at radius 2 is 1.86 bits per heavy atom. The summed E-state index contributed by atoms with van der Waals surface area (Å²) in [6.07, 6.45) is 1.53. The minimum atomic E-state index is -0.310. The van der Waals surface area contributed by atoms with Crippen molar-refractivity contribution in [3.05, 3.63) is 65.2 Å². The fourth-order valence-electron chi connectivity index (χ4n) is 3.27. The number of phenolic OH excluding ortho intramolecular Hbond substituents is 1. The third-order valence-electron chi connectivity index (χ3n) is 4.94. The van der Waals surface area contributed by atoms with Crippen molar-refractivity contribution in [1.82, 2.24) is 10.2 Å². The van der Waals surface area contributed by atoms with Gasteiger partial charge in [-0.25, -0.2) is 4.79 Å². The fourth-order valence-corrected chi connectivity index (χ4v) is 3.27. The van der Waals surface area contributed by atoms with Crippen LogP contribution in [0.15, 0.2) is 48.5 Å². The molecule has 1 saturated heterocycles. The SMILES string of the molecule is Cc1ccc(COC(=O)N2CCCC(CNC(=O)c3ccc(O)cc3)C2)cc1. The summed E-state index contributed by atoms with van der Waals surface area (Å²) >= 11 is 0. The number of phenols is 1. The average Bonchev–Trinajstić information content (AvgIpc) is 2.72. The van der Waals surface area contributed by atoms with E-state index in [0.29, 0.717) is 25.2 Å². The Kier molecular flexibility index (Phi) is 6.53. The van der Waals surface area contributed by atoms with E-state index in [9.17, 15) is 14.7 Å². The first-order valence-electron chi connectivity index (χ1n) is 9.56. The number of piperidine rings is 1. The van der Waals surface area contributed by atoms with E-state index < -0.39 is 0 Å². The summed E-state index contributed by atoms with van der Waals surface area (Å²) in [5.41, 5.74) is 2.64. The van der Waals surface area contributed by atoms with Gasteiger partial charge in [-0.3, -0.25) is 4.79 Å². The second-order valence-corrected chi connectivity index (χ2v) is 7.25. The molecule has 1 heterocycles. The van der Waals surface area contributed by atoms with E-state index >= 15 is 0 Å². The highest BCUT2D eigenvalue weighted by molar-refractivity contribution is 5.94. The topological polar surface area (TPSA) is 78.9 Å². The number of nitrogens with one attached hydrogen (secondary N) is 1. The lowest BCUT2D eigenvalue weighted by Crippen LogP contribution is -2.43. The number of carbonyl (C=O) groups excluding carboxylic acids is 2. The minimum Gasteiger partial charge on any atom is -0.508 e. The molecule has 1 aliphatic rings. The summed E-state index contributed by atoms with van der Waals surface area (Å²) < 4.78 is 5.44. The second kappa shape index (κ2) is 9.26. The second-order valence-electron chi connectivity index (χ2n) is 7.25. The van der Waals surface area contributed by atoms with Crippen molar-refractivity contribution in [2.75, 3.05) is 19.6 Å². The number of amides is 2. The minimum absolute atomic E-state index is 0.128. The lowest BCUT2D eigenvalue weighted by molar-refractivity contribution is 0.0776. The third kappa shape index (κ3) is 5.49. The number of ether oxygens (including phenoxy) is 1. The lowest BCUT2D eigenvalue weighted by atomic mass is 9.98. The maximum absolute atomic E-state index is 12.4. The van der Waals surface area contributed by atoms with Crippen molar-refractivity contribution in [3.63, 3.8) is 0 Å². The van der Waals surface area contributed by atoms with Crippen LogP contribution in [0.5, 0.6) is 5.75 Å². The van der Waals surface area contributed by atoms with Gasteiger partial charge in [0, 0.05) is 25.2 Å². The van der Waals surface area contributed by atoms with E-state index in [1.807, 2.05) is 31.2 Å². The van der Waals surface area contributed by atoms with Crippen molar-refractivity contribution in [2.45, 2.75) is 26.4 Å². The molecule has 148 valence electrons. The Bertz CT molecular complexity index is 802. The van der Waals surface area contributed by atoms with Crippen LogP contribution in [-0.2, 0) is 11.3 Å². The van der Waals surface area contributed by atoms with Gasteiger partial charge >= 0.3 is 6.09 Å². The molecule has 2 aromatic carbocycles. The Hall–Kier alpha value is -3.02. The molecule has 2 N–H and O–H groups in total. The van der Waals surface area contributed by atoms with Gasteiger partial charge in [-0.15, -0.1) is 0 Å². The quantitative estimate of drug-likeness (QED) is 0.830. The molecule has 28 heavy (non-hydrogen) atoms. The van der Waals surface area contributed by atoms with E-state index in [4.69, 9.17) is 4.74 Å². The number of rotatable bonds is 5. The molecule has 1 unspecified atom stereocenters. The summed E-state index contributed by atoms with van der Waals surface area (Å²) in [4.78, 5) is 26.3. The van der Waals surface area contributed by atoms with Crippen LogP contribution in [0.3, 0.4) is 0 Å². The van der Waals surface area contributed by atoms with Crippen LogP contribution < -0.4 is 5.32 Å². The van der Waals surface area contributed by atoms with Gasteiger partial charge in [-0.2, -0.15) is 0 Å². The number of benzene rings is 2. The zero-order valence-corrected chi connectivity index (χ0v) is 16.1. The van der Waals surface area contributed by atoms with E-state index in [2.05, 4.69) is 5.32 Å². The molecule has 2 aromatic rings. The molecule has 1 atom stereocenters. The molecule has 6 nitrogen and oxygen atoms in total. The van der Waals surface area contributed by atoms with Crippen LogP contribution in [-0.4, -0.2) is 41.6 Å². The Morgan fingerprint density at radius 1 is 1.14 bits per heavy atom. The summed E-state index contributed by atoms with van der Waals surface area (Å²) in [6.45, 7) is 4.03. The average molecular weight is 382 g/mol. The Morgan fingerprint density at radius 3 is 2.57 bits per heavy atom. The van der Waals surface area contributed by atoms with Gasteiger partial charge in [0.2, 0.25) is 0 Å². The third-order valence-corrected chi connectivity index (χ3v) is 4.94. The van der Waals surface area contributed by atoms with E-state index in [1.165, 1.54) is 17.7 Å². The van der Waals surface area contributed by atoms with Crippen LogP contribution in [0.25, 0.3) is 0 Å². The fraction of sp³-hybridized carbons (Fsp3) is 0.364. The predicted octanol–water partition coefficient (Wildman–Crippen LogP) is 3.48. The molecule has 0 aromatic heterocycles. The monoisotopic (exact) mass is 382 g/mol. The first kappa shape index (κ1) is 19.7. The molecule has 0 bridgehead atoms. The molecule has 0 spiro atoms. The maximum Gasteiger partial charge on any atom is 0.410 e. The molecule has 3 rings (SSSR count). The van der Waals surface area contributed by atoms with Crippen LogP contribution >= 0.6 is 0 Å². The largest absolute Gasteiger partial charge is 0.508 e. The maximum atomic E-state index is 12.4. The summed E-state index contributed by atoms with van der Waals surface area (Å²) in [7, 11) is 0. The normalized spacial score (nSPS) is 16.5. The molecular formula is C22H26N2O4. The van der Waals surface area contributed by atoms with Crippen LogP contribution in [0.1, 0.15) is 34.3 Å². The van der Waals surface area contributed by atoms with Gasteiger partial charge in [-0.1, -0.05) is 29.8 Å². The number of hydrogen-bond acceptors (Lipinski definition) is 4. The van der Waals surface area contributed by atoms with Crippen molar-refractivity contribution < 1.29 is 19.4 Å². The zero-order chi connectivity index (χ0) is 19.9. The first-order valence-corrected chi connectivity index (χ1v) is 9.56. The molecule has 1 aliphatic heterocycles. The van der Waals surface area contributed by atoms with Gasteiger partial charge in [0.15, 0.2) is 0 Å². The standard InChI is InChI=1S/C22H26N2O4/c1-16-4-6-17(7-5-16)15-28-22(27)24-12-2-3-18(14-24)13-23-21(26)19-8-10-20(25)11-9-19/h4-11,18,25H,2-3,12-15H2,1H3,(H,23,26). The van der Waals surface area contributed by atoms with Crippen molar-refractivity contribution in [3.8, 4) is 5.75 Å². The molecule has 0 aliphatic carbocycles. The van der Waals surface area contributed by atoms with E-state index in [-0.39, 0.29) is 30.3 Å². The Balaban J connectivity index is 1.45. The molecule has 0 radical (unpaired) electrons. The summed E-state index contributed by atoms with van der Waals surface area (Å²) in [6, 6.07) is 14.1. The smallest absolute Gasteiger partial charge is 0.410 e. The molecular weight excluding hydrogens is 356 g/mol. The molecule has 2 amide bonds. The summed E-state index contributed by atoms with van der Waals surface area (Å²) in [5.74, 6) is 0.143. The van der Waals surface area contributed by atoms with Gasteiger partial charge in [0.05, 0.1) is 0 Å². The highest BCUT2D eigenvalue weighted by Gasteiger charge is 2.25. The van der Waals surface area contributed by atoms with Crippen LogP contribution in [0.2, 0.25) is 0 Å². The van der Waals surface area contributed by atoms with Gasteiger partial charge < -0.3 is 20.1 Å². The van der Waals surface area contributed by atoms with Gasteiger partial charge in [0.1, 0.15) is 12.4 Å². The highest BCUT2D eigenvalue weighted by atomic mass is 16.6. The lowest BCUT2D eigenvalue weighted by Gasteiger charge is -2.32. The number of aromatic hydroxyl groups is 1. The van der Waals surface area contributed by atoms with Crippen molar-refractivity contribution in [2.24, 2.45) is 5.92 Å².